The molecule has 9 nitrogen and oxygen atoms in total. The van der Waals surface area contributed by atoms with E-state index in [1.807, 2.05) is 52.0 Å². The SMILES string of the molecule is Cc1ccccc1CN(C(=O)CN(c1ccc(F)cc1)S(=O)(=O)c1ccc2c(c1)OCCO2)[C@@H](C)C(=O)NC(C)(C)C. The molecular formula is C31H36FN3O6S. The van der Waals surface area contributed by atoms with E-state index in [4.69, 9.17) is 9.47 Å². The van der Waals surface area contributed by atoms with E-state index in [9.17, 15) is 22.4 Å². The highest BCUT2D eigenvalue weighted by Gasteiger charge is 2.34. The van der Waals surface area contributed by atoms with E-state index >= 15 is 0 Å². The standard InChI is InChI=1S/C31H36FN3O6S/c1-21-8-6-7-9-23(21)19-34(22(2)30(37)33-31(3,4)5)29(36)20-35(25-12-10-24(32)11-13-25)42(38,39)26-14-15-27-28(18-26)41-17-16-40-27/h6-15,18,22H,16-17,19-20H2,1-5H3,(H,33,37)/t22-/m0/s1. The van der Waals surface area contributed by atoms with Gasteiger partial charge in [0.2, 0.25) is 11.8 Å². The maximum atomic E-state index is 14.1. The average Bonchev–Trinajstić information content (AvgIpc) is 2.94. The van der Waals surface area contributed by atoms with Crippen LogP contribution in [-0.4, -0.2) is 56.5 Å². The van der Waals surface area contributed by atoms with Gasteiger partial charge < -0.3 is 19.7 Å². The van der Waals surface area contributed by atoms with Gasteiger partial charge in [0.25, 0.3) is 10.0 Å². The van der Waals surface area contributed by atoms with Gasteiger partial charge in [0.1, 0.15) is 31.6 Å². The highest BCUT2D eigenvalue weighted by atomic mass is 32.2. The molecular weight excluding hydrogens is 561 g/mol. The van der Waals surface area contributed by atoms with Crippen molar-refractivity contribution in [1.82, 2.24) is 10.2 Å². The van der Waals surface area contributed by atoms with Crippen LogP contribution in [0.3, 0.4) is 0 Å². The Labute approximate surface area is 246 Å². The van der Waals surface area contributed by atoms with Crippen LogP contribution in [0.1, 0.15) is 38.8 Å². The molecule has 4 rings (SSSR count). The number of nitrogens with one attached hydrogen (secondary N) is 1. The van der Waals surface area contributed by atoms with Crippen LogP contribution < -0.4 is 19.1 Å². The highest BCUT2D eigenvalue weighted by molar-refractivity contribution is 7.92. The molecule has 1 aliphatic rings. The third-order valence-corrected chi connectivity index (χ3v) is 8.53. The Morgan fingerprint density at radius 1 is 0.976 bits per heavy atom. The van der Waals surface area contributed by atoms with Crippen molar-refractivity contribution in [2.24, 2.45) is 0 Å². The zero-order valence-corrected chi connectivity index (χ0v) is 25.2. The molecule has 0 unspecified atom stereocenters. The van der Waals surface area contributed by atoms with E-state index in [0.29, 0.717) is 12.4 Å². The molecule has 3 aromatic rings. The number of fused-ring (bicyclic) bond motifs is 1. The van der Waals surface area contributed by atoms with Crippen molar-refractivity contribution in [3.8, 4) is 11.5 Å². The predicted octanol–water partition coefficient (Wildman–Crippen LogP) is 4.43. The molecule has 1 N–H and O–H groups in total. The fourth-order valence-electron chi connectivity index (χ4n) is 4.48. The molecule has 0 saturated heterocycles. The number of hydrogen-bond donors (Lipinski definition) is 1. The summed E-state index contributed by atoms with van der Waals surface area (Å²) in [7, 11) is -4.36. The average molecular weight is 598 g/mol. The summed E-state index contributed by atoms with van der Waals surface area (Å²) in [6.07, 6.45) is 0. The molecule has 0 saturated carbocycles. The Morgan fingerprint density at radius 2 is 1.62 bits per heavy atom. The van der Waals surface area contributed by atoms with E-state index in [1.165, 1.54) is 35.2 Å². The van der Waals surface area contributed by atoms with Crippen molar-refractivity contribution in [2.75, 3.05) is 24.1 Å². The molecule has 2 amide bonds. The quantitative estimate of drug-likeness (QED) is 0.391. The molecule has 0 radical (unpaired) electrons. The second-order valence-electron chi connectivity index (χ2n) is 11.2. The van der Waals surface area contributed by atoms with Gasteiger partial charge in [0.05, 0.1) is 10.6 Å². The molecule has 0 fully saturated rings. The summed E-state index contributed by atoms with van der Waals surface area (Å²) in [5.74, 6) is -0.878. The molecule has 42 heavy (non-hydrogen) atoms. The van der Waals surface area contributed by atoms with Crippen molar-refractivity contribution in [2.45, 2.75) is 57.6 Å². The molecule has 224 valence electrons. The van der Waals surface area contributed by atoms with Crippen molar-refractivity contribution in [3.05, 3.63) is 83.7 Å². The van der Waals surface area contributed by atoms with Gasteiger partial charge in [-0.15, -0.1) is 0 Å². The smallest absolute Gasteiger partial charge is 0.264 e. The Kier molecular flexibility index (Phi) is 9.10. The Morgan fingerprint density at radius 3 is 2.26 bits per heavy atom. The zero-order chi connectivity index (χ0) is 30.7. The number of sulfonamides is 1. The summed E-state index contributed by atoms with van der Waals surface area (Å²) in [6, 6.07) is 15.6. The number of nitrogens with zero attached hydrogens (tertiary/aromatic N) is 2. The van der Waals surface area contributed by atoms with Gasteiger partial charge in [0, 0.05) is 18.2 Å². The molecule has 11 heteroatoms. The van der Waals surface area contributed by atoms with Crippen LogP contribution in [0.15, 0.2) is 71.6 Å². The third-order valence-electron chi connectivity index (χ3n) is 6.76. The maximum absolute atomic E-state index is 14.1. The van der Waals surface area contributed by atoms with Gasteiger partial charge in [-0.3, -0.25) is 13.9 Å². The molecule has 0 spiro atoms. The number of carbonyl (C=O) groups excluding carboxylic acids is 2. The van der Waals surface area contributed by atoms with Gasteiger partial charge in [-0.2, -0.15) is 0 Å². The Bertz CT molecular complexity index is 1550. The van der Waals surface area contributed by atoms with E-state index in [0.717, 1.165) is 27.6 Å². The molecule has 0 aromatic heterocycles. The number of rotatable bonds is 9. The van der Waals surface area contributed by atoms with E-state index in [-0.39, 0.29) is 35.4 Å². The summed E-state index contributed by atoms with van der Waals surface area (Å²) in [5, 5.41) is 2.90. The van der Waals surface area contributed by atoms with Crippen LogP contribution in [-0.2, 0) is 26.2 Å². The maximum Gasteiger partial charge on any atom is 0.264 e. The minimum absolute atomic E-state index is 0.0750. The van der Waals surface area contributed by atoms with Crippen molar-refractivity contribution in [3.63, 3.8) is 0 Å². The molecule has 1 heterocycles. The van der Waals surface area contributed by atoms with Crippen LogP contribution in [0.2, 0.25) is 0 Å². The number of hydrogen-bond acceptors (Lipinski definition) is 6. The van der Waals surface area contributed by atoms with E-state index < -0.39 is 39.9 Å². The Hall–Kier alpha value is -4.12. The fraction of sp³-hybridized carbons (Fsp3) is 0.355. The first-order valence-electron chi connectivity index (χ1n) is 13.6. The van der Waals surface area contributed by atoms with Crippen LogP contribution >= 0.6 is 0 Å². The number of benzene rings is 3. The van der Waals surface area contributed by atoms with Gasteiger partial charge >= 0.3 is 0 Å². The first-order chi connectivity index (χ1) is 19.8. The minimum atomic E-state index is -4.36. The number of aryl methyl sites for hydroxylation is 1. The monoisotopic (exact) mass is 597 g/mol. The summed E-state index contributed by atoms with van der Waals surface area (Å²) in [5.41, 5.74) is 1.26. The van der Waals surface area contributed by atoms with Crippen molar-refractivity contribution < 1.29 is 31.9 Å². The Balaban J connectivity index is 1.73. The highest BCUT2D eigenvalue weighted by Crippen LogP contribution is 2.34. The number of amides is 2. The topological polar surface area (TPSA) is 105 Å². The summed E-state index contributed by atoms with van der Waals surface area (Å²) < 4.78 is 54.0. The first kappa shape index (κ1) is 30.8. The van der Waals surface area contributed by atoms with E-state index in [1.54, 1.807) is 6.92 Å². The molecule has 1 aliphatic heterocycles. The largest absolute Gasteiger partial charge is 0.486 e. The first-order valence-corrected chi connectivity index (χ1v) is 15.0. The number of ether oxygens (including phenoxy) is 2. The van der Waals surface area contributed by atoms with Gasteiger partial charge in [-0.1, -0.05) is 24.3 Å². The molecule has 3 aromatic carbocycles. The lowest BCUT2D eigenvalue weighted by atomic mass is 10.1. The summed E-state index contributed by atoms with van der Waals surface area (Å²) in [6.45, 7) is 9.05. The number of carbonyl (C=O) groups is 2. The predicted molar refractivity (Wildman–Crippen MR) is 157 cm³/mol. The molecule has 0 aliphatic carbocycles. The number of halogens is 1. The summed E-state index contributed by atoms with van der Waals surface area (Å²) >= 11 is 0. The van der Waals surface area contributed by atoms with Crippen molar-refractivity contribution >= 4 is 27.5 Å². The van der Waals surface area contributed by atoms with Gasteiger partial charge in [-0.05, 0) is 82.1 Å². The molecule has 0 bridgehead atoms. The minimum Gasteiger partial charge on any atom is -0.486 e. The van der Waals surface area contributed by atoms with Crippen LogP contribution in [0.5, 0.6) is 11.5 Å². The van der Waals surface area contributed by atoms with E-state index in [2.05, 4.69) is 5.32 Å². The van der Waals surface area contributed by atoms with Crippen LogP contribution in [0.4, 0.5) is 10.1 Å². The lowest BCUT2D eigenvalue weighted by Crippen LogP contribution is -2.54. The van der Waals surface area contributed by atoms with Crippen LogP contribution in [0, 0.1) is 12.7 Å². The van der Waals surface area contributed by atoms with Crippen LogP contribution in [0.25, 0.3) is 0 Å². The molecule has 1 atom stereocenters. The third kappa shape index (κ3) is 7.20. The zero-order valence-electron chi connectivity index (χ0n) is 24.4. The van der Waals surface area contributed by atoms with Gasteiger partial charge in [0.15, 0.2) is 11.5 Å². The fourth-order valence-corrected chi connectivity index (χ4v) is 5.91. The lowest BCUT2D eigenvalue weighted by Gasteiger charge is -2.34. The summed E-state index contributed by atoms with van der Waals surface area (Å²) in [4.78, 5) is 28.5. The van der Waals surface area contributed by atoms with Crippen molar-refractivity contribution in [1.29, 1.82) is 0 Å². The lowest BCUT2D eigenvalue weighted by molar-refractivity contribution is -0.140. The normalized spacial score (nSPS) is 13.7. The van der Waals surface area contributed by atoms with Gasteiger partial charge in [-0.25, -0.2) is 12.8 Å². The second-order valence-corrected chi connectivity index (χ2v) is 13.0. The number of anilines is 1. The second kappa shape index (κ2) is 12.4.